The molecule has 84 valence electrons. The molecule has 0 spiro atoms. The van der Waals surface area contributed by atoms with Crippen molar-refractivity contribution in [2.24, 2.45) is 0 Å². The minimum Gasteiger partial charge on any atom is -0.450 e. The van der Waals surface area contributed by atoms with Crippen LogP contribution in [0, 0.1) is 0 Å². The maximum absolute atomic E-state index is 8.56. The van der Waals surface area contributed by atoms with Gasteiger partial charge in [-0.2, -0.15) is 0 Å². The topological polar surface area (TPSA) is 66.8 Å². The van der Waals surface area contributed by atoms with E-state index in [1.54, 1.807) is 0 Å². The third-order valence-corrected chi connectivity index (χ3v) is 2.11. The fourth-order valence-corrected chi connectivity index (χ4v) is 1.52. The van der Waals surface area contributed by atoms with Gasteiger partial charge in [-0.1, -0.05) is 26.2 Å². The lowest BCUT2D eigenvalue weighted by molar-refractivity contribution is 0.0289. The standard InChI is InChI=1S/C9H18O.CH2O3/c1-2-8-10-9-6-4-3-5-7-9;2-1(3)4/h9H,2-8H2,1H3;(H2,2,3,4). The van der Waals surface area contributed by atoms with Gasteiger partial charge in [-0.25, -0.2) is 4.79 Å². The van der Waals surface area contributed by atoms with Crippen LogP contribution < -0.4 is 0 Å². The largest absolute Gasteiger partial charge is 0.503 e. The quantitative estimate of drug-likeness (QED) is 0.741. The van der Waals surface area contributed by atoms with Gasteiger partial charge in [-0.05, 0) is 19.3 Å². The third-order valence-electron chi connectivity index (χ3n) is 2.11. The van der Waals surface area contributed by atoms with Crippen LogP contribution in [0.4, 0.5) is 4.79 Å². The number of carbonyl (C=O) groups is 1. The summed E-state index contributed by atoms with van der Waals surface area (Å²) in [4.78, 5) is 8.56. The third kappa shape index (κ3) is 9.32. The first-order valence-corrected chi connectivity index (χ1v) is 5.20. The van der Waals surface area contributed by atoms with Gasteiger partial charge in [0.1, 0.15) is 0 Å². The Bertz CT molecular complexity index is 137. The van der Waals surface area contributed by atoms with Crippen molar-refractivity contribution in [1.29, 1.82) is 0 Å². The van der Waals surface area contributed by atoms with Gasteiger partial charge in [-0.3, -0.25) is 0 Å². The molecule has 0 atom stereocenters. The average Bonchev–Trinajstić information content (AvgIpc) is 2.15. The summed E-state index contributed by atoms with van der Waals surface area (Å²) in [5.41, 5.74) is 0. The van der Waals surface area contributed by atoms with Gasteiger partial charge >= 0.3 is 6.16 Å². The monoisotopic (exact) mass is 204 g/mol. The molecule has 14 heavy (non-hydrogen) atoms. The summed E-state index contributed by atoms with van der Waals surface area (Å²) < 4.78 is 5.63. The summed E-state index contributed by atoms with van der Waals surface area (Å²) in [6.07, 6.45) is 6.74. The molecular formula is C10H20O4. The molecule has 0 aromatic carbocycles. The number of carboxylic acid groups (broad SMARTS) is 2. The lowest BCUT2D eigenvalue weighted by atomic mass is 9.98. The zero-order valence-electron chi connectivity index (χ0n) is 8.74. The predicted octanol–water partition coefficient (Wildman–Crippen LogP) is 2.97. The van der Waals surface area contributed by atoms with Crippen LogP contribution in [-0.2, 0) is 4.74 Å². The van der Waals surface area contributed by atoms with Crippen LogP contribution >= 0.6 is 0 Å². The summed E-state index contributed by atoms with van der Waals surface area (Å²) in [6, 6.07) is 0. The fourth-order valence-electron chi connectivity index (χ4n) is 1.52. The molecular weight excluding hydrogens is 184 g/mol. The molecule has 1 aliphatic carbocycles. The average molecular weight is 204 g/mol. The van der Waals surface area contributed by atoms with E-state index in [-0.39, 0.29) is 0 Å². The summed E-state index contributed by atoms with van der Waals surface area (Å²) >= 11 is 0. The highest BCUT2D eigenvalue weighted by atomic mass is 16.6. The van der Waals surface area contributed by atoms with Crippen molar-refractivity contribution in [3.8, 4) is 0 Å². The number of rotatable bonds is 3. The van der Waals surface area contributed by atoms with E-state index in [1.807, 2.05) is 0 Å². The molecule has 0 amide bonds. The Kier molecular flexibility index (Phi) is 8.33. The molecule has 2 N–H and O–H groups in total. The molecule has 0 radical (unpaired) electrons. The van der Waals surface area contributed by atoms with E-state index in [1.165, 1.54) is 32.1 Å². The Morgan fingerprint density at radius 3 is 2.21 bits per heavy atom. The van der Waals surface area contributed by atoms with Crippen molar-refractivity contribution in [3.63, 3.8) is 0 Å². The van der Waals surface area contributed by atoms with Crippen molar-refractivity contribution >= 4 is 6.16 Å². The normalized spacial score (nSPS) is 16.9. The summed E-state index contributed by atoms with van der Waals surface area (Å²) in [5, 5.41) is 13.9. The van der Waals surface area contributed by atoms with Gasteiger partial charge in [0.05, 0.1) is 6.10 Å². The molecule has 1 fully saturated rings. The maximum atomic E-state index is 8.56. The van der Waals surface area contributed by atoms with Crippen LogP contribution in [0.3, 0.4) is 0 Å². The molecule has 0 unspecified atom stereocenters. The smallest absolute Gasteiger partial charge is 0.450 e. The Morgan fingerprint density at radius 1 is 1.29 bits per heavy atom. The molecule has 1 rings (SSSR count). The number of ether oxygens (including phenoxy) is 1. The van der Waals surface area contributed by atoms with Gasteiger partial charge in [0, 0.05) is 6.61 Å². The molecule has 1 aliphatic rings. The van der Waals surface area contributed by atoms with Crippen LogP contribution in [-0.4, -0.2) is 29.1 Å². The molecule has 4 nitrogen and oxygen atoms in total. The first kappa shape index (κ1) is 13.2. The second-order valence-corrected chi connectivity index (χ2v) is 3.41. The number of hydrogen-bond acceptors (Lipinski definition) is 2. The van der Waals surface area contributed by atoms with E-state index < -0.39 is 6.16 Å². The fraction of sp³-hybridized carbons (Fsp3) is 0.900. The second-order valence-electron chi connectivity index (χ2n) is 3.41. The molecule has 0 aliphatic heterocycles. The van der Waals surface area contributed by atoms with Gasteiger partial charge in [0.2, 0.25) is 0 Å². The maximum Gasteiger partial charge on any atom is 0.503 e. The van der Waals surface area contributed by atoms with Crippen molar-refractivity contribution in [1.82, 2.24) is 0 Å². The highest BCUT2D eigenvalue weighted by molar-refractivity contribution is 5.53. The highest BCUT2D eigenvalue weighted by Gasteiger charge is 2.12. The van der Waals surface area contributed by atoms with Crippen molar-refractivity contribution in [2.75, 3.05) is 6.61 Å². The van der Waals surface area contributed by atoms with E-state index in [4.69, 9.17) is 19.7 Å². The summed E-state index contributed by atoms with van der Waals surface area (Å²) in [6.45, 7) is 3.13. The predicted molar refractivity (Wildman–Crippen MR) is 53.8 cm³/mol. The molecule has 0 heterocycles. The molecule has 1 saturated carbocycles. The first-order chi connectivity index (χ1) is 6.66. The Morgan fingerprint density at radius 2 is 1.79 bits per heavy atom. The van der Waals surface area contributed by atoms with Crippen LogP contribution in [0.15, 0.2) is 0 Å². The van der Waals surface area contributed by atoms with E-state index in [0.717, 1.165) is 13.0 Å². The molecule has 4 heteroatoms. The number of hydrogen-bond donors (Lipinski definition) is 2. The van der Waals surface area contributed by atoms with Crippen LogP contribution in [0.5, 0.6) is 0 Å². The summed E-state index contributed by atoms with van der Waals surface area (Å²) in [5.74, 6) is 0. The molecule has 0 saturated heterocycles. The zero-order chi connectivity index (χ0) is 10.8. The Hall–Kier alpha value is -0.770. The Labute approximate surface area is 84.9 Å². The van der Waals surface area contributed by atoms with Gasteiger partial charge in [-0.15, -0.1) is 0 Å². The van der Waals surface area contributed by atoms with E-state index >= 15 is 0 Å². The summed E-state index contributed by atoms with van der Waals surface area (Å²) in [7, 11) is 0. The minimum absolute atomic E-state index is 0.605. The van der Waals surface area contributed by atoms with E-state index in [2.05, 4.69) is 6.92 Å². The lowest BCUT2D eigenvalue weighted by Gasteiger charge is -2.21. The minimum atomic E-state index is -1.83. The molecule has 0 aromatic rings. The van der Waals surface area contributed by atoms with Crippen LogP contribution in [0.25, 0.3) is 0 Å². The first-order valence-electron chi connectivity index (χ1n) is 5.20. The van der Waals surface area contributed by atoms with Crippen LogP contribution in [0.1, 0.15) is 45.4 Å². The van der Waals surface area contributed by atoms with E-state index in [9.17, 15) is 0 Å². The lowest BCUT2D eigenvalue weighted by Crippen LogP contribution is -2.16. The van der Waals surface area contributed by atoms with Crippen molar-refractivity contribution in [3.05, 3.63) is 0 Å². The van der Waals surface area contributed by atoms with Gasteiger partial charge in [0.15, 0.2) is 0 Å². The Balaban J connectivity index is 0.000000364. The zero-order valence-corrected chi connectivity index (χ0v) is 8.74. The van der Waals surface area contributed by atoms with Crippen molar-refractivity contribution in [2.45, 2.75) is 51.6 Å². The SMILES string of the molecule is CCCOC1CCCCC1.O=C(O)O. The second kappa shape index (κ2) is 8.81. The van der Waals surface area contributed by atoms with Crippen molar-refractivity contribution < 1.29 is 19.7 Å². The molecule has 0 bridgehead atoms. The highest BCUT2D eigenvalue weighted by Crippen LogP contribution is 2.20. The van der Waals surface area contributed by atoms with Gasteiger partial charge < -0.3 is 14.9 Å². The van der Waals surface area contributed by atoms with Gasteiger partial charge in [0.25, 0.3) is 0 Å². The molecule has 0 aromatic heterocycles. The van der Waals surface area contributed by atoms with E-state index in [0.29, 0.717) is 6.10 Å². The van der Waals surface area contributed by atoms with Crippen LogP contribution in [0.2, 0.25) is 0 Å².